The first kappa shape index (κ1) is 30.8. The van der Waals surface area contributed by atoms with Gasteiger partial charge in [0.25, 0.3) is 15.9 Å². The van der Waals surface area contributed by atoms with Crippen LogP contribution in [0.4, 0.5) is 10.8 Å². The molecular formula is C26H24N8O7S2. The third-order valence-electron chi connectivity index (χ3n) is 5.51. The van der Waals surface area contributed by atoms with Gasteiger partial charge in [0, 0.05) is 12.5 Å². The lowest BCUT2D eigenvalue weighted by molar-refractivity contribution is -0.113. The number of hydrogen-bond donors (Lipinski definition) is 3. The number of amides is 1. The van der Waals surface area contributed by atoms with E-state index >= 15 is 0 Å². The van der Waals surface area contributed by atoms with Crippen LogP contribution < -0.4 is 10.5 Å². The number of aliphatic hydroxyl groups excluding tert-OH is 1. The van der Waals surface area contributed by atoms with E-state index in [9.17, 15) is 27.9 Å². The van der Waals surface area contributed by atoms with Crippen LogP contribution >= 0.6 is 11.3 Å². The van der Waals surface area contributed by atoms with Crippen molar-refractivity contribution in [2.75, 3.05) is 11.9 Å². The second-order valence-corrected chi connectivity index (χ2v) is 11.4. The number of nitrogens with zero attached hydrogens (tertiary/aromatic N) is 6. The highest BCUT2D eigenvalue weighted by Crippen LogP contribution is 2.32. The molecule has 0 spiro atoms. The Morgan fingerprint density at radius 3 is 2.42 bits per heavy atom. The third-order valence-corrected chi connectivity index (χ3v) is 7.66. The quantitative estimate of drug-likeness (QED) is 0.0758. The van der Waals surface area contributed by atoms with Crippen LogP contribution in [0.15, 0.2) is 80.6 Å². The van der Waals surface area contributed by atoms with Crippen LogP contribution in [0.1, 0.15) is 41.6 Å². The molecule has 222 valence electrons. The standard InChI is InChI=1S/C26H24N8O7S2/c1-4-41-24(38)19-21(23(37)28-25-31-32-26(42-25)43(27,39)40)33-34(22(19)16-9-6-5-7-10-16)18-12-8-11-17(13-18)29-30-20(14(2)35)15(3)36/h5-13,35H,4H2,1-3H3,(H2,27,39,40)(H,28,31,37)/b20-14-,30-29?. The van der Waals surface area contributed by atoms with E-state index in [-0.39, 0.29) is 45.8 Å². The second kappa shape index (κ2) is 12.8. The molecular weight excluding hydrogens is 600 g/mol. The molecule has 0 saturated heterocycles. The molecule has 4 N–H and O–H groups in total. The van der Waals surface area contributed by atoms with Crippen molar-refractivity contribution in [3.8, 4) is 16.9 Å². The Balaban J connectivity index is 1.89. The highest BCUT2D eigenvalue weighted by molar-refractivity contribution is 7.91. The van der Waals surface area contributed by atoms with Crippen LogP contribution in [0, 0.1) is 0 Å². The summed E-state index contributed by atoms with van der Waals surface area (Å²) in [6, 6.07) is 15.0. The van der Waals surface area contributed by atoms with Crippen molar-refractivity contribution in [1.29, 1.82) is 0 Å². The number of rotatable bonds is 10. The van der Waals surface area contributed by atoms with Gasteiger partial charge in [-0.3, -0.25) is 14.9 Å². The number of nitrogens with one attached hydrogen (secondary N) is 1. The molecule has 2 heterocycles. The normalized spacial score (nSPS) is 12.2. The summed E-state index contributed by atoms with van der Waals surface area (Å²) in [5, 5.41) is 36.5. The van der Waals surface area contributed by atoms with Gasteiger partial charge in [-0.2, -0.15) is 10.2 Å². The lowest BCUT2D eigenvalue weighted by Gasteiger charge is -2.10. The molecule has 0 atom stereocenters. The van der Waals surface area contributed by atoms with Gasteiger partial charge in [0.2, 0.25) is 9.47 Å². The van der Waals surface area contributed by atoms with Gasteiger partial charge in [0.1, 0.15) is 11.3 Å². The first-order valence-corrected chi connectivity index (χ1v) is 14.7. The number of sulfonamides is 1. The number of nitrogens with two attached hydrogens (primary N) is 1. The molecule has 4 rings (SSSR count). The molecule has 0 radical (unpaired) electrons. The van der Waals surface area contributed by atoms with Gasteiger partial charge in [-0.1, -0.05) is 47.7 Å². The maximum absolute atomic E-state index is 13.5. The number of aliphatic hydroxyl groups is 1. The number of hydrogen-bond acceptors (Lipinski definition) is 13. The Bertz CT molecular complexity index is 1880. The van der Waals surface area contributed by atoms with Gasteiger partial charge in [-0.25, -0.2) is 23.0 Å². The van der Waals surface area contributed by atoms with Gasteiger partial charge >= 0.3 is 5.97 Å². The minimum absolute atomic E-state index is 0.000432. The fourth-order valence-corrected chi connectivity index (χ4v) is 5.08. The van der Waals surface area contributed by atoms with Crippen LogP contribution in [0.3, 0.4) is 0 Å². The molecule has 0 aliphatic rings. The second-order valence-electron chi connectivity index (χ2n) is 8.65. The largest absolute Gasteiger partial charge is 0.510 e. The van der Waals surface area contributed by atoms with E-state index in [0.29, 0.717) is 22.6 Å². The summed E-state index contributed by atoms with van der Waals surface area (Å²) in [5.74, 6) is -2.53. The summed E-state index contributed by atoms with van der Waals surface area (Å²) in [6.07, 6.45) is 0. The minimum atomic E-state index is -4.16. The van der Waals surface area contributed by atoms with Crippen molar-refractivity contribution in [3.05, 3.63) is 77.3 Å². The van der Waals surface area contributed by atoms with Gasteiger partial charge in [-0.05, 0) is 32.0 Å². The van der Waals surface area contributed by atoms with Crippen LogP contribution in [0.25, 0.3) is 16.9 Å². The fraction of sp³-hybridized carbons (Fsp3) is 0.154. The number of ketones is 1. The summed E-state index contributed by atoms with van der Waals surface area (Å²) >= 11 is 0.519. The number of ether oxygens (including phenoxy) is 1. The predicted octanol–water partition coefficient (Wildman–Crippen LogP) is 3.93. The molecule has 0 saturated carbocycles. The summed E-state index contributed by atoms with van der Waals surface area (Å²) in [7, 11) is -4.16. The van der Waals surface area contributed by atoms with E-state index in [1.807, 2.05) is 0 Å². The van der Waals surface area contributed by atoms with Crippen LogP contribution in [0.5, 0.6) is 0 Å². The van der Waals surface area contributed by atoms with Crippen LogP contribution in [-0.2, 0) is 19.6 Å². The smallest absolute Gasteiger partial charge is 0.342 e. The number of esters is 1. The first-order valence-electron chi connectivity index (χ1n) is 12.4. The Morgan fingerprint density at radius 1 is 1.09 bits per heavy atom. The Labute approximate surface area is 248 Å². The van der Waals surface area contributed by atoms with Crippen molar-refractivity contribution >= 4 is 49.8 Å². The number of aromatic nitrogens is 4. The minimum Gasteiger partial charge on any atom is -0.510 e. The zero-order valence-electron chi connectivity index (χ0n) is 22.9. The SMILES string of the molecule is CCOC(=O)c1c(C(=O)Nc2nnc(S(N)(=O)=O)s2)nn(-c2cccc(N=N/C(C(C)=O)=C(/C)O)c2)c1-c1ccccc1. The van der Waals surface area contributed by atoms with E-state index in [4.69, 9.17) is 9.88 Å². The van der Waals surface area contributed by atoms with Gasteiger partial charge in [0.05, 0.1) is 23.7 Å². The van der Waals surface area contributed by atoms with E-state index < -0.39 is 32.0 Å². The Kier molecular flexibility index (Phi) is 9.18. The summed E-state index contributed by atoms with van der Waals surface area (Å²) < 4.78 is 29.3. The Hall–Kier alpha value is -5.13. The average Bonchev–Trinajstić information content (AvgIpc) is 3.59. The van der Waals surface area contributed by atoms with E-state index in [1.165, 1.54) is 24.6 Å². The lowest BCUT2D eigenvalue weighted by Crippen LogP contribution is -2.17. The number of benzene rings is 2. The average molecular weight is 625 g/mol. The van der Waals surface area contributed by atoms with E-state index in [2.05, 4.69) is 30.8 Å². The number of carbonyl (C=O) groups is 3. The molecule has 17 heteroatoms. The van der Waals surface area contributed by atoms with Crippen molar-refractivity contribution in [1.82, 2.24) is 20.0 Å². The third kappa shape index (κ3) is 7.03. The van der Waals surface area contributed by atoms with Crippen molar-refractivity contribution in [2.45, 2.75) is 25.1 Å². The van der Waals surface area contributed by atoms with Crippen molar-refractivity contribution in [2.24, 2.45) is 15.4 Å². The molecule has 15 nitrogen and oxygen atoms in total. The van der Waals surface area contributed by atoms with Crippen molar-refractivity contribution in [3.63, 3.8) is 0 Å². The van der Waals surface area contributed by atoms with Gasteiger partial charge < -0.3 is 9.84 Å². The summed E-state index contributed by atoms with van der Waals surface area (Å²) in [5.41, 5.74) is 0.577. The maximum Gasteiger partial charge on any atom is 0.342 e. The Morgan fingerprint density at radius 2 is 1.81 bits per heavy atom. The van der Waals surface area contributed by atoms with Gasteiger partial charge in [-0.15, -0.1) is 15.3 Å². The number of anilines is 1. The monoisotopic (exact) mass is 624 g/mol. The van der Waals surface area contributed by atoms with Crippen LogP contribution in [0.2, 0.25) is 0 Å². The van der Waals surface area contributed by atoms with Gasteiger partial charge in [0.15, 0.2) is 17.2 Å². The van der Waals surface area contributed by atoms with Crippen LogP contribution in [-0.4, -0.2) is 57.8 Å². The number of azo groups is 1. The molecule has 0 unspecified atom stereocenters. The zero-order chi connectivity index (χ0) is 31.3. The molecule has 0 aliphatic heterocycles. The topological polar surface area (TPSA) is 221 Å². The zero-order valence-corrected chi connectivity index (χ0v) is 24.5. The molecule has 0 aliphatic carbocycles. The molecule has 4 aromatic rings. The number of Topliss-reactive ketones (excluding diaryl/α,β-unsaturated/α-hetero) is 1. The molecule has 1 amide bonds. The molecule has 43 heavy (non-hydrogen) atoms. The number of allylic oxidation sites excluding steroid dienone is 2. The fourth-order valence-electron chi connectivity index (χ4n) is 3.75. The summed E-state index contributed by atoms with van der Waals surface area (Å²) in [6.45, 7) is 4.15. The number of primary sulfonamides is 1. The molecule has 0 fully saturated rings. The maximum atomic E-state index is 13.5. The summed E-state index contributed by atoms with van der Waals surface area (Å²) in [4.78, 5) is 38.6. The molecule has 0 bridgehead atoms. The lowest BCUT2D eigenvalue weighted by atomic mass is 10.0. The highest BCUT2D eigenvalue weighted by Gasteiger charge is 2.31. The first-order chi connectivity index (χ1) is 20.4. The molecule has 2 aromatic carbocycles. The highest BCUT2D eigenvalue weighted by atomic mass is 32.2. The predicted molar refractivity (Wildman–Crippen MR) is 155 cm³/mol. The molecule has 2 aromatic heterocycles. The van der Waals surface area contributed by atoms with E-state index in [1.54, 1.807) is 55.5 Å². The number of carbonyl (C=O) groups excluding carboxylic acids is 3. The van der Waals surface area contributed by atoms with E-state index in [0.717, 1.165) is 0 Å². The van der Waals surface area contributed by atoms with Crippen molar-refractivity contribution < 1.29 is 32.6 Å².